The van der Waals surface area contributed by atoms with Gasteiger partial charge in [0.2, 0.25) is 0 Å². The number of carbonyl (C=O) groups excluding carboxylic acids is 1. The lowest BCUT2D eigenvalue weighted by Gasteiger charge is -2.22. The largest absolute Gasteiger partial charge is 0.488 e. The Morgan fingerprint density at radius 1 is 1.03 bits per heavy atom. The number of hydrogen-bond acceptors (Lipinski definition) is 5. The lowest BCUT2D eigenvalue weighted by Crippen LogP contribution is -2.28. The molecule has 3 rings (SSSR count). The number of thiophene rings is 1. The number of anilines is 1. The molecule has 5 heteroatoms. The minimum atomic E-state index is -0.492. The second kappa shape index (κ2) is 11.0. The first kappa shape index (κ1) is 23.6. The zero-order chi connectivity index (χ0) is 23.0. The molecule has 4 nitrogen and oxygen atoms in total. The molecule has 0 aliphatic carbocycles. The van der Waals surface area contributed by atoms with Gasteiger partial charge in [0.05, 0.1) is 12.0 Å². The maximum Gasteiger partial charge on any atom is 0.311 e. The van der Waals surface area contributed by atoms with Crippen molar-refractivity contribution in [2.75, 3.05) is 25.1 Å². The van der Waals surface area contributed by atoms with E-state index in [1.807, 2.05) is 58.2 Å². The van der Waals surface area contributed by atoms with E-state index in [4.69, 9.17) is 9.47 Å². The molecule has 0 fully saturated rings. The fraction of sp³-hybridized carbons (Fsp3) is 0.296. The van der Waals surface area contributed by atoms with Crippen LogP contribution in [0.1, 0.15) is 36.8 Å². The molecule has 168 valence electrons. The van der Waals surface area contributed by atoms with Crippen molar-refractivity contribution in [1.29, 1.82) is 0 Å². The number of nitrogens with zero attached hydrogens (tertiary/aromatic N) is 1. The Kier molecular flexibility index (Phi) is 8.12. The Labute approximate surface area is 195 Å². The van der Waals surface area contributed by atoms with E-state index in [0.717, 1.165) is 22.6 Å². The normalized spacial score (nSPS) is 11.5. The molecule has 0 bridgehead atoms. The highest BCUT2D eigenvalue weighted by Gasteiger charge is 2.22. The van der Waals surface area contributed by atoms with E-state index in [1.165, 1.54) is 4.88 Å². The number of carbonyl (C=O) groups is 1. The SMILES string of the molecule is CN(CCOC(=O)C(C)(C)C)c1ccc(C=Cc2cccs2)c(OCc2ccccc2)c1. The van der Waals surface area contributed by atoms with Crippen molar-refractivity contribution < 1.29 is 14.3 Å². The van der Waals surface area contributed by atoms with Crippen molar-refractivity contribution in [3.63, 3.8) is 0 Å². The molecule has 32 heavy (non-hydrogen) atoms. The van der Waals surface area contributed by atoms with E-state index in [1.54, 1.807) is 11.3 Å². The van der Waals surface area contributed by atoms with E-state index < -0.39 is 5.41 Å². The van der Waals surface area contributed by atoms with Crippen molar-refractivity contribution in [3.8, 4) is 5.75 Å². The molecule has 0 saturated heterocycles. The summed E-state index contributed by atoms with van der Waals surface area (Å²) in [6, 6.07) is 20.4. The van der Waals surface area contributed by atoms with Crippen LogP contribution in [0.15, 0.2) is 66.0 Å². The summed E-state index contributed by atoms with van der Waals surface area (Å²) in [5, 5.41) is 2.07. The fourth-order valence-electron chi connectivity index (χ4n) is 2.94. The molecule has 0 radical (unpaired) electrons. The van der Waals surface area contributed by atoms with Crippen LogP contribution < -0.4 is 9.64 Å². The van der Waals surface area contributed by atoms with Gasteiger partial charge >= 0.3 is 5.97 Å². The van der Waals surface area contributed by atoms with Gasteiger partial charge in [-0.25, -0.2) is 0 Å². The van der Waals surface area contributed by atoms with Gasteiger partial charge in [0.15, 0.2) is 0 Å². The third-order valence-corrected chi connectivity index (χ3v) is 5.76. The number of benzene rings is 2. The molecular weight excluding hydrogens is 418 g/mol. The Hall–Kier alpha value is -3.05. The van der Waals surface area contributed by atoms with Crippen molar-refractivity contribution in [2.45, 2.75) is 27.4 Å². The van der Waals surface area contributed by atoms with Gasteiger partial charge in [-0.05, 0) is 62.1 Å². The van der Waals surface area contributed by atoms with E-state index in [-0.39, 0.29) is 5.97 Å². The van der Waals surface area contributed by atoms with Gasteiger partial charge in [0.1, 0.15) is 19.0 Å². The highest BCUT2D eigenvalue weighted by molar-refractivity contribution is 7.10. The lowest BCUT2D eigenvalue weighted by atomic mass is 9.97. The smallest absolute Gasteiger partial charge is 0.311 e. The predicted octanol–water partition coefficient (Wildman–Crippen LogP) is 6.52. The zero-order valence-electron chi connectivity index (χ0n) is 19.2. The molecule has 0 aliphatic heterocycles. The second-order valence-electron chi connectivity index (χ2n) is 8.65. The monoisotopic (exact) mass is 449 g/mol. The molecule has 0 aliphatic rings. The first-order valence-electron chi connectivity index (χ1n) is 10.7. The molecule has 0 atom stereocenters. The van der Waals surface area contributed by atoms with Gasteiger partial charge in [-0.1, -0.05) is 36.4 Å². The van der Waals surface area contributed by atoms with Crippen molar-refractivity contribution in [1.82, 2.24) is 0 Å². The van der Waals surface area contributed by atoms with Gasteiger partial charge in [-0.2, -0.15) is 0 Å². The quantitative estimate of drug-likeness (QED) is 0.349. The summed E-state index contributed by atoms with van der Waals surface area (Å²) in [5.41, 5.74) is 2.65. The third kappa shape index (κ3) is 6.99. The summed E-state index contributed by atoms with van der Waals surface area (Å²) in [5.74, 6) is 0.629. The molecule has 0 spiro atoms. The van der Waals surface area contributed by atoms with Crippen molar-refractivity contribution in [3.05, 3.63) is 82.0 Å². The van der Waals surface area contributed by atoms with Crippen LogP contribution in [0.25, 0.3) is 12.2 Å². The van der Waals surface area contributed by atoms with Crippen LogP contribution in [-0.4, -0.2) is 26.2 Å². The molecule has 0 saturated carbocycles. The summed E-state index contributed by atoms with van der Waals surface area (Å²) >= 11 is 1.70. The van der Waals surface area contributed by atoms with Crippen LogP contribution in [0.2, 0.25) is 0 Å². The van der Waals surface area contributed by atoms with Gasteiger partial charge in [0.25, 0.3) is 0 Å². The van der Waals surface area contributed by atoms with Gasteiger partial charge in [-0.3, -0.25) is 4.79 Å². The van der Waals surface area contributed by atoms with Gasteiger partial charge in [0, 0.05) is 29.2 Å². The Morgan fingerprint density at radius 3 is 2.50 bits per heavy atom. The number of hydrogen-bond donors (Lipinski definition) is 0. The molecule has 2 aromatic carbocycles. The average molecular weight is 450 g/mol. The first-order valence-corrected chi connectivity index (χ1v) is 11.6. The van der Waals surface area contributed by atoms with E-state index in [9.17, 15) is 4.79 Å². The van der Waals surface area contributed by atoms with Crippen LogP contribution in [0, 0.1) is 5.41 Å². The molecule has 1 aromatic heterocycles. The number of ether oxygens (including phenoxy) is 2. The molecule has 0 N–H and O–H groups in total. The van der Waals surface area contributed by atoms with Crippen LogP contribution in [0.4, 0.5) is 5.69 Å². The Balaban J connectivity index is 1.73. The fourth-order valence-corrected chi connectivity index (χ4v) is 3.56. The maximum absolute atomic E-state index is 12.0. The third-order valence-electron chi connectivity index (χ3n) is 4.92. The van der Waals surface area contributed by atoms with E-state index in [2.05, 4.69) is 52.8 Å². The van der Waals surface area contributed by atoms with Crippen molar-refractivity contribution in [2.24, 2.45) is 5.41 Å². The second-order valence-corrected chi connectivity index (χ2v) is 9.63. The van der Waals surface area contributed by atoms with Gasteiger partial charge < -0.3 is 14.4 Å². The Bertz CT molecular complexity index is 1020. The van der Waals surface area contributed by atoms with Crippen LogP contribution in [-0.2, 0) is 16.1 Å². The van der Waals surface area contributed by atoms with Crippen LogP contribution in [0.5, 0.6) is 5.75 Å². The van der Waals surface area contributed by atoms with E-state index >= 15 is 0 Å². The van der Waals surface area contributed by atoms with Crippen LogP contribution in [0.3, 0.4) is 0 Å². The number of rotatable bonds is 9. The van der Waals surface area contributed by atoms with Crippen molar-refractivity contribution >= 4 is 35.1 Å². The summed E-state index contributed by atoms with van der Waals surface area (Å²) in [6.45, 7) is 7.02. The van der Waals surface area contributed by atoms with E-state index in [0.29, 0.717) is 19.8 Å². The van der Waals surface area contributed by atoms with Gasteiger partial charge in [-0.15, -0.1) is 11.3 Å². The maximum atomic E-state index is 12.0. The topological polar surface area (TPSA) is 38.8 Å². The molecule has 0 unspecified atom stereocenters. The zero-order valence-corrected chi connectivity index (χ0v) is 20.0. The highest BCUT2D eigenvalue weighted by Crippen LogP contribution is 2.28. The first-order chi connectivity index (χ1) is 15.3. The minimum absolute atomic E-state index is 0.188. The average Bonchev–Trinajstić information content (AvgIpc) is 3.30. The highest BCUT2D eigenvalue weighted by atomic mass is 32.1. The minimum Gasteiger partial charge on any atom is -0.488 e. The summed E-state index contributed by atoms with van der Waals surface area (Å²) < 4.78 is 11.6. The number of esters is 1. The summed E-state index contributed by atoms with van der Waals surface area (Å²) in [7, 11) is 1.99. The predicted molar refractivity (Wildman–Crippen MR) is 134 cm³/mol. The molecule has 0 amide bonds. The molecular formula is C27H31NO3S. The Morgan fingerprint density at radius 2 is 1.81 bits per heavy atom. The molecule has 1 heterocycles. The summed E-state index contributed by atoms with van der Waals surface area (Å²) in [4.78, 5) is 15.3. The number of likely N-dealkylation sites (N-methyl/N-ethyl adjacent to an activating group) is 1. The summed E-state index contributed by atoms with van der Waals surface area (Å²) in [6.07, 6.45) is 4.19. The standard InChI is InChI=1S/C27H31NO3S/c1-27(2,3)26(29)30-17-16-28(4)23-14-12-22(13-15-24-11-8-18-32-24)25(19-23)31-20-21-9-6-5-7-10-21/h5-15,18-19H,16-17,20H2,1-4H3. The lowest BCUT2D eigenvalue weighted by molar-refractivity contribution is -0.152. The molecule has 3 aromatic rings. The van der Waals surface area contributed by atoms with Crippen LogP contribution >= 0.6 is 11.3 Å².